The van der Waals surface area contributed by atoms with E-state index in [2.05, 4.69) is 5.32 Å². The third-order valence-electron chi connectivity index (χ3n) is 4.11. The second kappa shape index (κ2) is 8.22. The fourth-order valence-electron chi connectivity index (χ4n) is 2.91. The van der Waals surface area contributed by atoms with Crippen LogP contribution in [0.1, 0.15) is 52.4 Å². The van der Waals surface area contributed by atoms with E-state index in [0.29, 0.717) is 13.2 Å². The van der Waals surface area contributed by atoms with Gasteiger partial charge in [-0.3, -0.25) is 4.79 Å². The number of urea groups is 1. The average Bonchev–Trinajstić information content (AvgIpc) is 2.42. The maximum atomic E-state index is 12.2. The first-order valence-electron chi connectivity index (χ1n) is 7.72. The summed E-state index contributed by atoms with van der Waals surface area (Å²) >= 11 is 0. The molecule has 0 bridgehead atoms. The maximum Gasteiger partial charge on any atom is 0.317 e. The molecule has 2 amide bonds. The predicted molar refractivity (Wildman–Crippen MR) is 80.3 cm³/mol. The van der Waals surface area contributed by atoms with Crippen molar-refractivity contribution in [2.45, 2.75) is 64.0 Å². The highest BCUT2D eigenvalue weighted by atomic mass is 16.5. The molecule has 0 unspecified atom stereocenters. The predicted octanol–water partition coefficient (Wildman–Crippen LogP) is 2.23. The molecular weight excluding hydrogens is 272 g/mol. The van der Waals surface area contributed by atoms with Gasteiger partial charge in [0.1, 0.15) is 0 Å². The van der Waals surface area contributed by atoms with Crippen LogP contribution in [-0.2, 0) is 9.53 Å². The van der Waals surface area contributed by atoms with Gasteiger partial charge in [0.2, 0.25) is 0 Å². The summed E-state index contributed by atoms with van der Waals surface area (Å²) in [6.07, 6.45) is 4.72. The van der Waals surface area contributed by atoms with E-state index < -0.39 is 11.5 Å². The molecule has 0 spiro atoms. The van der Waals surface area contributed by atoms with Crippen LogP contribution in [-0.4, -0.2) is 53.8 Å². The van der Waals surface area contributed by atoms with E-state index in [0.717, 1.165) is 32.1 Å². The van der Waals surface area contributed by atoms with Crippen LogP contribution < -0.4 is 5.32 Å². The van der Waals surface area contributed by atoms with Gasteiger partial charge in [0, 0.05) is 13.6 Å². The monoisotopic (exact) mass is 300 g/mol. The molecule has 0 atom stereocenters. The summed E-state index contributed by atoms with van der Waals surface area (Å²) in [5.41, 5.74) is -0.549. The summed E-state index contributed by atoms with van der Waals surface area (Å²) in [5, 5.41) is 12.0. The quantitative estimate of drug-likeness (QED) is 0.707. The van der Waals surface area contributed by atoms with Crippen molar-refractivity contribution < 1.29 is 19.4 Å². The number of carbonyl (C=O) groups excluding carboxylic acids is 1. The molecule has 2 N–H and O–H groups in total. The van der Waals surface area contributed by atoms with Gasteiger partial charge in [0.25, 0.3) is 0 Å². The topological polar surface area (TPSA) is 78.9 Å². The van der Waals surface area contributed by atoms with Crippen LogP contribution in [0.2, 0.25) is 0 Å². The van der Waals surface area contributed by atoms with Gasteiger partial charge in [0.15, 0.2) is 0 Å². The molecule has 0 aromatic heterocycles. The van der Waals surface area contributed by atoms with Gasteiger partial charge < -0.3 is 20.1 Å². The molecule has 6 heteroatoms. The number of nitrogens with one attached hydrogen (secondary N) is 1. The molecule has 0 aromatic carbocycles. The molecule has 0 heterocycles. The molecule has 1 aliphatic rings. The molecule has 21 heavy (non-hydrogen) atoms. The highest BCUT2D eigenvalue weighted by molar-refractivity contribution is 5.76. The molecule has 1 rings (SSSR count). The highest BCUT2D eigenvalue weighted by Crippen LogP contribution is 2.35. The number of amides is 2. The van der Waals surface area contributed by atoms with Crippen LogP contribution in [0.25, 0.3) is 0 Å². The van der Waals surface area contributed by atoms with E-state index >= 15 is 0 Å². The Morgan fingerprint density at radius 1 is 1.29 bits per heavy atom. The summed E-state index contributed by atoms with van der Waals surface area (Å²) in [4.78, 5) is 25.0. The number of carboxylic acids is 1. The molecule has 6 nitrogen and oxygen atoms in total. The number of aliphatic carboxylic acids is 1. The summed E-state index contributed by atoms with van der Waals surface area (Å²) in [5.74, 6) is -0.848. The molecular formula is C15H28N2O4. The van der Waals surface area contributed by atoms with E-state index in [1.807, 2.05) is 13.8 Å². The van der Waals surface area contributed by atoms with Crippen molar-refractivity contribution in [1.29, 1.82) is 0 Å². The molecule has 0 saturated heterocycles. The number of nitrogens with zero attached hydrogens (tertiary/aromatic N) is 1. The van der Waals surface area contributed by atoms with E-state index in [4.69, 9.17) is 9.84 Å². The van der Waals surface area contributed by atoms with E-state index in [1.54, 1.807) is 11.9 Å². The zero-order chi connectivity index (χ0) is 15.9. The van der Waals surface area contributed by atoms with Gasteiger partial charge in [0.05, 0.1) is 24.7 Å². The summed E-state index contributed by atoms with van der Waals surface area (Å²) in [6.45, 7) is 4.78. The first-order chi connectivity index (χ1) is 9.87. The molecule has 1 aliphatic carbocycles. The largest absolute Gasteiger partial charge is 0.481 e. The van der Waals surface area contributed by atoms with Gasteiger partial charge in [-0.15, -0.1) is 0 Å². The Morgan fingerprint density at radius 2 is 1.90 bits per heavy atom. The minimum atomic E-state index is -0.848. The Kier molecular flexibility index (Phi) is 6.95. The molecule has 0 aromatic rings. The van der Waals surface area contributed by atoms with Crippen LogP contribution in [0.5, 0.6) is 0 Å². The van der Waals surface area contributed by atoms with E-state index in [1.165, 1.54) is 0 Å². The fourth-order valence-corrected chi connectivity index (χ4v) is 2.91. The van der Waals surface area contributed by atoms with Crippen molar-refractivity contribution in [2.75, 3.05) is 20.2 Å². The summed E-state index contributed by atoms with van der Waals surface area (Å²) < 4.78 is 5.38. The van der Waals surface area contributed by atoms with Gasteiger partial charge in [-0.1, -0.05) is 19.3 Å². The first kappa shape index (κ1) is 17.8. The average molecular weight is 300 g/mol. The van der Waals surface area contributed by atoms with Gasteiger partial charge in [-0.25, -0.2) is 4.79 Å². The van der Waals surface area contributed by atoms with Crippen molar-refractivity contribution >= 4 is 12.0 Å². The zero-order valence-corrected chi connectivity index (χ0v) is 13.4. The second-order valence-corrected chi connectivity index (χ2v) is 6.07. The van der Waals surface area contributed by atoms with Gasteiger partial charge in [-0.2, -0.15) is 0 Å². The van der Waals surface area contributed by atoms with Crippen LogP contribution in [0, 0.1) is 0 Å². The Hall–Kier alpha value is -1.30. The Labute approximate surface area is 126 Å². The minimum Gasteiger partial charge on any atom is -0.481 e. The van der Waals surface area contributed by atoms with Gasteiger partial charge in [-0.05, 0) is 26.7 Å². The maximum absolute atomic E-state index is 12.2. The lowest BCUT2D eigenvalue weighted by atomic mass is 9.78. The standard InChI is InChI=1S/C15H28N2O4/c1-12(2)21-10-9-16-14(20)17(3)15(11-13(18)19)7-5-4-6-8-15/h12H,4-11H2,1-3H3,(H,16,20)(H,18,19). The Morgan fingerprint density at radius 3 is 2.43 bits per heavy atom. The lowest BCUT2D eigenvalue weighted by molar-refractivity contribution is -0.140. The number of carboxylic acid groups (broad SMARTS) is 1. The van der Waals surface area contributed by atoms with E-state index in [-0.39, 0.29) is 18.6 Å². The summed E-state index contributed by atoms with van der Waals surface area (Å²) in [6, 6.07) is -0.217. The Balaban J connectivity index is 2.56. The van der Waals surface area contributed by atoms with Crippen molar-refractivity contribution in [2.24, 2.45) is 0 Å². The Bertz CT molecular complexity index is 352. The summed E-state index contributed by atoms with van der Waals surface area (Å²) in [7, 11) is 1.70. The van der Waals surface area contributed by atoms with Crippen molar-refractivity contribution in [3.8, 4) is 0 Å². The smallest absolute Gasteiger partial charge is 0.317 e. The van der Waals surface area contributed by atoms with Crippen molar-refractivity contribution in [3.05, 3.63) is 0 Å². The van der Waals surface area contributed by atoms with E-state index in [9.17, 15) is 9.59 Å². The number of carbonyl (C=O) groups is 2. The van der Waals surface area contributed by atoms with Crippen LogP contribution >= 0.6 is 0 Å². The molecule has 122 valence electrons. The molecule has 0 radical (unpaired) electrons. The number of hydrogen-bond donors (Lipinski definition) is 2. The second-order valence-electron chi connectivity index (χ2n) is 6.07. The third-order valence-corrected chi connectivity index (χ3v) is 4.11. The number of hydrogen-bond acceptors (Lipinski definition) is 3. The minimum absolute atomic E-state index is 0.0133. The third kappa shape index (κ3) is 5.53. The van der Waals surface area contributed by atoms with Crippen LogP contribution in [0.4, 0.5) is 4.79 Å². The fraction of sp³-hybridized carbons (Fsp3) is 0.867. The highest BCUT2D eigenvalue weighted by Gasteiger charge is 2.40. The number of ether oxygens (including phenoxy) is 1. The molecule has 1 saturated carbocycles. The van der Waals surface area contributed by atoms with Crippen molar-refractivity contribution in [3.63, 3.8) is 0 Å². The number of rotatable bonds is 7. The van der Waals surface area contributed by atoms with Crippen molar-refractivity contribution in [1.82, 2.24) is 10.2 Å². The first-order valence-corrected chi connectivity index (χ1v) is 7.72. The lowest BCUT2D eigenvalue weighted by Crippen LogP contribution is -2.55. The van der Waals surface area contributed by atoms with Crippen LogP contribution in [0.15, 0.2) is 0 Å². The van der Waals surface area contributed by atoms with Crippen LogP contribution in [0.3, 0.4) is 0 Å². The molecule has 1 fully saturated rings. The normalized spacial score (nSPS) is 17.5. The molecule has 0 aliphatic heterocycles. The van der Waals surface area contributed by atoms with Gasteiger partial charge >= 0.3 is 12.0 Å². The SMILES string of the molecule is CC(C)OCCNC(=O)N(C)C1(CC(=O)O)CCCCC1. The lowest BCUT2D eigenvalue weighted by Gasteiger charge is -2.43. The zero-order valence-electron chi connectivity index (χ0n) is 13.4.